The van der Waals surface area contributed by atoms with Crippen LogP contribution in [0.2, 0.25) is 19.1 Å². The van der Waals surface area contributed by atoms with Gasteiger partial charge in [-0.2, -0.15) is 0 Å². The molecule has 80 valence electrons. The summed E-state index contributed by atoms with van der Waals surface area (Å²) in [4.78, 5) is 0. The van der Waals surface area contributed by atoms with Crippen molar-refractivity contribution in [2.75, 3.05) is 12.5 Å². The van der Waals surface area contributed by atoms with Gasteiger partial charge in [-0.1, -0.05) is 6.92 Å². The fourth-order valence-electron chi connectivity index (χ4n) is 1.82. The summed E-state index contributed by atoms with van der Waals surface area (Å²) in [5.41, 5.74) is 0. The van der Waals surface area contributed by atoms with E-state index in [1.807, 2.05) is 0 Å². The largest absolute Gasteiger partial charge is 0.418 e. The molecule has 0 N–H and O–H groups in total. The standard InChI is InChI=1S/C10H23ClOSi/c1-5-12-13(3,4)9-10(2)7-6-8-11/h10H,5-9H2,1-4H3. The number of hydrogen-bond acceptors (Lipinski definition) is 1. The van der Waals surface area contributed by atoms with Crippen molar-refractivity contribution in [3.63, 3.8) is 0 Å². The van der Waals surface area contributed by atoms with E-state index in [0.29, 0.717) is 0 Å². The maximum atomic E-state index is 5.79. The van der Waals surface area contributed by atoms with Crippen LogP contribution in [0.1, 0.15) is 26.7 Å². The van der Waals surface area contributed by atoms with Crippen LogP contribution in [0.5, 0.6) is 0 Å². The molecule has 1 unspecified atom stereocenters. The summed E-state index contributed by atoms with van der Waals surface area (Å²) >= 11 is 5.66. The average Bonchev–Trinajstić information content (AvgIpc) is 1.99. The van der Waals surface area contributed by atoms with Gasteiger partial charge in [0.15, 0.2) is 8.32 Å². The van der Waals surface area contributed by atoms with Gasteiger partial charge in [0.1, 0.15) is 0 Å². The van der Waals surface area contributed by atoms with Gasteiger partial charge in [0.2, 0.25) is 0 Å². The molecule has 0 aromatic rings. The molecule has 0 saturated heterocycles. The second-order valence-electron chi connectivity index (χ2n) is 4.33. The van der Waals surface area contributed by atoms with Crippen LogP contribution >= 0.6 is 11.6 Å². The van der Waals surface area contributed by atoms with Crippen molar-refractivity contribution in [2.45, 2.75) is 45.8 Å². The topological polar surface area (TPSA) is 9.23 Å². The molecule has 0 saturated carbocycles. The van der Waals surface area contributed by atoms with Gasteiger partial charge >= 0.3 is 0 Å². The first-order valence-electron chi connectivity index (χ1n) is 5.21. The fourth-order valence-corrected chi connectivity index (χ4v) is 4.75. The highest BCUT2D eigenvalue weighted by Crippen LogP contribution is 2.21. The monoisotopic (exact) mass is 222 g/mol. The van der Waals surface area contributed by atoms with Gasteiger partial charge in [-0.25, -0.2) is 0 Å². The van der Waals surface area contributed by atoms with E-state index in [-0.39, 0.29) is 0 Å². The first kappa shape index (κ1) is 13.5. The molecule has 0 bridgehead atoms. The first-order valence-corrected chi connectivity index (χ1v) is 8.86. The molecule has 1 nitrogen and oxygen atoms in total. The smallest absolute Gasteiger partial charge is 0.186 e. The lowest BCUT2D eigenvalue weighted by Gasteiger charge is -2.25. The Balaban J connectivity index is 3.68. The predicted molar refractivity (Wildman–Crippen MR) is 63.0 cm³/mol. The van der Waals surface area contributed by atoms with Crippen LogP contribution in [0.3, 0.4) is 0 Å². The van der Waals surface area contributed by atoms with Crippen LogP contribution in [-0.4, -0.2) is 20.8 Å². The minimum absolute atomic E-state index is 0.770. The lowest BCUT2D eigenvalue weighted by Crippen LogP contribution is -2.32. The van der Waals surface area contributed by atoms with Gasteiger partial charge in [-0.3, -0.25) is 0 Å². The third-order valence-corrected chi connectivity index (χ3v) is 5.22. The SMILES string of the molecule is CCO[Si](C)(C)CC(C)CCCCl. The highest BCUT2D eigenvalue weighted by molar-refractivity contribution is 6.71. The van der Waals surface area contributed by atoms with Crippen LogP contribution in [0.15, 0.2) is 0 Å². The van der Waals surface area contributed by atoms with Gasteiger partial charge in [0, 0.05) is 12.5 Å². The molecule has 0 aliphatic carbocycles. The molecular formula is C10H23ClOSi. The second kappa shape index (κ2) is 6.85. The maximum absolute atomic E-state index is 5.79. The summed E-state index contributed by atoms with van der Waals surface area (Å²) in [5, 5.41) is 0. The third kappa shape index (κ3) is 7.53. The lowest BCUT2D eigenvalue weighted by molar-refractivity contribution is 0.321. The van der Waals surface area contributed by atoms with E-state index < -0.39 is 8.32 Å². The van der Waals surface area contributed by atoms with E-state index in [9.17, 15) is 0 Å². The molecule has 0 aromatic carbocycles. The summed E-state index contributed by atoms with van der Waals surface area (Å²) < 4.78 is 5.79. The normalized spacial score (nSPS) is 14.5. The average molecular weight is 223 g/mol. The number of rotatable bonds is 7. The third-order valence-electron chi connectivity index (χ3n) is 2.21. The summed E-state index contributed by atoms with van der Waals surface area (Å²) in [5.74, 6) is 1.56. The van der Waals surface area contributed by atoms with Crippen molar-refractivity contribution in [2.24, 2.45) is 5.92 Å². The van der Waals surface area contributed by atoms with Gasteiger partial charge < -0.3 is 4.43 Å². The minimum atomic E-state index is -1.36. The van der Waals surface area contributed by atoms with Crippen molar-refractivity contribution < 1.29 is 4.43 Å². The molecule has 0 amide bonds. The van der Waals surface area contributed by atoms with E-state index in [1.165, 1.54) is 12.5 Å². The van der Waals surface area contributed by atoms with E-state index >= 15 is 0 Å². The highest BCUT2D eigenvalue weighted by atomic mass is 35.5. The molecule has 0 aromatic heterocycles. The van der Waals surface area contributed by atoms with Crippen LogP contribution in [0, 0.1) is 5.92 Å². The zero-order chi connectivity index (χ0) is 10.3. The summed E-state index contributed by atoms with van der Waals surface area (Å²) in [6.45, 7) is 9.85. The Bertz CT molecular complexity index is 128. The zero-order valence-electron chi connectivity index (χ0n) is 9.40. The Kier molecular flexibility index (Phi) is 7.10. The van der Waals surface area contributed by atoms with Crippen molar-refractivity contribution in [1.29, 1.82) is 0 Å². The van der Waals surface area contributed by atoms with Crippen molar-refractivity contribution >= 4 is 19.9 Å². The van der Waals surface area contributed by atoms with Gasteiger partial charge in [0.25, 0.3) is 0 Å². The molecule has 3 heteroatoms. The first-order chi connectivity index (χ1) is 6.02. The Morgan fingerprint density at radius 3 is 2.46 bits per heavy atom. The minimum Gasteiger partial charge on any atom is -0.418 e. The Morgan fingerprint density at radius 2 is 2.00 bits per heavy atom. The zero-order valence-corrected chi connectivity index (χ0v) is 11.2. The van der Waals surface area contributed by atoms with Gasteiger partial charge in [-0.05, 0) is 44.8 Å². The summed E-state index contributed by atoms with van der Waals surface area (Å²) in [6.07, 6.45) is 2.38. The van der Waals surface area contributed by atoms with Crippen molar-refractivity contribution in [1.82, 2.24) is 0 Å². The van der Waals surface area contributed by atoms with Crippen LogP contribution in [-0.2, 0) is 4.43 Å². The van der Waals surface area contributed by atoms with Gasteiger partial charge in [0.05, 0.1) is 0 Å². The summed E-state index contributed by atoms with van der Waals surface area (Å²) in [7, 11) is -1.36. The molecule has 13 heavy (non-hydrogen) atoms. The quantitative estimate of drug-likeness (QED) is 0.469. The molecule has 0 rings (SSSR count). The molecule has 0 spiro atoms. The lowest BCUT2D eigenvalue weighted by atomic mass is 10.1. The fraction of sp³-hybridized carbons (Fsp3) is 1.00. The Morgan fingerprint density at radius 1 is 1.38 bits per heavy atom. The number of hydrogen-bond donors (Lipinski definition) is 0. The van der Waals surface area contributed by atoms with E-state index in [2.05, 4.69) is 26.9 Å². The van der Waals surface area contributed by atoms with Crippen LogP contribution in [0.4, 0.5) is 0 Å². The highest BCUT2D eigenvalue weighted by Gasteiger charge is 2.24. The van der Waals surface area contributed by atoms with Crippen molar-refractivity contribution in [3.05, 3.63) is 0 Å². The second-order valence-corrected chi connectivity index (χ2v) is 8.93. The van der Waals surface area contributed by atoms with Crippen LogP contribution in [0.25, 0.3) is 0 Å². The molecule has 0 heterocycles. The van der Waals surface area contributed by atoms with Crippen LogP contribution < -0.4 is 0 Å². The van der Waals surface area contributed by atoms with E-state index in [0.717, 1.165) is 24.8 Å². The molecule has 0 aliphatic rings. The predicted octanol–water partition coefficient (Wildman–Crippen LogP) is 3.88. The molecule has 0 fully saturated rings. The maximum Gasteiger partial charge on any atom is 0.186 e. The van der Waals surface area contributed by atoms with E-state index in [4.69, 9.17) is 16.0 Å². The molecule has 0 radical (unpaired) electrons. The molecule has 1 atom stereocenters. The number of alkyl halides is 1. The summed E-state index contributed by atoms with van der Waals surface area (Å²) in [6, 6.07) is 1.26. The van der Waals surface area contributed by atoms with Crippen molar-refractivity contribution in [3.8, 4) is 0 Å². The van der Waals surface area contributed by atoms with Gasteiger partial charge in [-0.15, -0.1) is 11.6 Å². The molecule has 0 aliphatic heterocycles. The Labute approximate surface area is 88.9 Å². The number of halogens is 1. The Hall–Kier alpha value is 0.467. The van der Waals surface area contributed by atoms with E-state index in [1.54, 1.807) is 0 Å². The molecular weight excluding hydrogens is 200 g/mol.